The van der Waals surface area contributed by atoms with Crippen LogP contribution in [0.3, 0.4) is 0 Å². The van der Waals surface area contributed by atoms with Crippen molar-refractivity contribution in [2.24, 2.45) is 0 Å². The summed E-state index contributed by atoms with van der Waals surface area (Å²) in [6.07, 6.45) is 2.28. The van der Waals surface area contributed by atoms with Gasteiger partial charge >= 0.3 is 5.97 Å². The number of hydrogen-bond acceptors (Lipinski definition) is 2. The van der Waals surface area contributed by atoms with Crippen LogP contribution in [0.5, 0.6) is 0 Å². The summed E-state index contributed by atoms with van der Waals surface area (Å²) in [7, 11) is 0. The van der Waals surface area contributed by atoms with Gasteiger partial charge in [0.25, 0.3) is 0 Å². The highest BCUT2D eigenvalue weighted by molar-refractivity contribution is 7.10. The van der Waals surface area contributed by atoms with E-state index < -0.39 is 5.97 Å². The van der Waals surface area contributed by atoms with E-state index >= 15 is 0 Å². The van der Waals surface area contributed by atoms with Gasteiger partial charge in [0.05, 0.1) is 0 Å². The molecular formula is C9H10O2S. The standard InChI is InChI=1S/C9H10O2S/c1-2-7(9(10)11)6-8-4-3-5-12-8/h3-6H,2H2,1H3,(H,10,11)/b7-6+. The first-order chi connectivity index (χ1) is 5.74. The quantitative estimate of drug-likeness (QED) is 0.729. The molecule has 2 nitrogen and oxygen atoms in total. The molecule has 1 aromatic heterocycles. The van der Waals surface area contributed by atoms with Gasteiger partial charge in [0.1, 0.15) is 0 Å². The van der Waals surface area contributed by atoms with Crippen LogP contribution in [0.2, 0.25) is 0 Å². The van der Waals surface area contributed by atoms with Gasteiger partial charge in [0.15, 0.2) is 0 Å². The van der Waals surface area contributed by atoms with E-state index in [2.05, 4.69) is 0 Å². The Morgan fingerprint density at radius 2 is 2.50 bits per heavy atom. The average molecular weight is 182 g/mol. The average Bonchev–Trinajstić information content (AvgIpc) is 2.51. The fourth-order valence-corrected chi connectivity index (χ4v) is 1.54. The molecule has 0 aliphatic rings. The van der Waals surface area contributed by atoms with Crippen LogP contribution in [0.25, 0.3) is 6.08 Å². The lowest BCUT2D eigenvalue weighted by molar-refractivity contribution is -0.132. The molecule has 0 amide bonds. The Hall–Kier alpha value is -1.09. The highest BCUT2D eigenvalue weighted by Gasteiger charge is 2.03. The predicted molar refractivity (Wildman–Crippen MR) is 50.2 cm³/mol. The van der Waals surface area contributed by atoms with Gasteiger partial charge in [-0.15, -0.1) is 11.3 Å². The Bertz CT molecular complexity index is 285. The van der Waals surface area contributed by atoms with E-state index in [-0.39, 0.29) is 0 Å². The number of carbonyl (C=O) groups is 1. The molecule has 1 rings (SSSR count). The van der Waals surface area contributed by atoms with E-state index in [0.717, 1.165) is 4.88 Å². The molecule has 1 aromatic rings. The molecular weight excluding hydrogens is 172 g/mol. The fourth-order valence-electron chi connectivity index (χ4n) is 0.860. The van der Waals surface area contributed by atoms with E-state index in [4.69, 9.17) is 5.11 Å². The van der Waals surface area contributed by atoms with Crippen molar-refractivity contribution in [3.8, 4) is 0 Å². The Kier molecular flexibility index (Phi) is 3.05. The highest BCUT2D eigenvalue weighted by atomic mass is 32.1. The lowest BCUT2D eigenvalue weighted by Crippen LogP contribution is -1.97. The van der Waals surface area contributed by atoms with E-state index in [0.29, 0.717) is 12.0 Å². The van der Waals surface area contributed by atoms with Crippen molar-refractivity contribution in [2.75, 3.05) is 0 Å². The maximum absolute atomic E-state index is 10.6. The number of aliphatic carboxylic acids is 1. The molecule has 1 N–H and O–H groups in total. The van der Waals surface area contributed by atoms with Crippen molar-refractivity contribution in [2.45, 2.75) is 13.3 Å². The minimum Gasteiger partial charge on any atom is -0.478 e. The van der Waals surface area contributed by atoms with Crippen LogP contribution < -0.4 is 0 Å². The van der Waals surface area contributed by atoms with Crippen molar-refractivity contribution in [1.82, 2.24) is 0 Å². The maximum Gasteiger partial charge on any atom is 0.331 e. The molecule has 0 atom stereocenters. The van der Waals surface area contributed by atoms with Crippen LogP contribution >= 0.6 is 11.3 Å². The first-order valence-electron chi connectivity index (χ1n) is 3.71. The van der Waals surface area contributed by atoms with Crippen molar-refractivity contribution < 1.29 is 9.90 Å². The third kappa shape index (κ3) is 2.20. The van der Waals surface area contributed by atoms with Crippen LogP contribution in [-0.2, 0) is 4.79 Å². The summed E-state index contributed by atoms with van der Waals surface area (Å²) in [6, 6.07) is 3.81. The van der Waals surface area contributed by atoms with Gasteiger partial charge < -0.3 is 5.11 Å². The van der Waals surface area contributed by atoms with Gasteiger partial charge in [0, 0.05) is 10.5 Å². The van der Waals surface area contributed by atoms with E-state index in [1.54, 1.807) is 17.4 Å². The first kappa shape index (κ1) is 9.00. The monoisotopic (exact) mass is 182 g/mol. The number of thiophene rings is 1. The third-order valence-corrected chi connectivity index (χ3v) is 2.33. The molecule has 3 heteroatoms. The number of carboxylic acid groups (broad SMARTS) is 1. The molecule has 0 aliphatic carbocycles. The van der Waals surface area contributed by atoms with Crippen LogP contribution in [0.15, 0.2) is 23.1 Å². The Morgan fingerprint density at radius 3 is 2.92 bits per heavy atom. The zero-order valence-corrected chi connectivity index (χ0v) is 7.60. The Morgan fingerprint density at radius 1 is 1.75 bits per heavy atom. The number of rotatable bonds is 3. The molecule has 0 saturated carbocycles. The van der Waals surface area contributed by atoms with Gasteiger partial charge in [-0.1, -0.05) is 13.0 Å². The highest BCUT2D eigenvalue weighted by Crippen LogP contribution is 2.14. The summed E-state index contributed by atoms with van der Waals surface area (Å²) < 4.78 is 0. The van der Waals surface area contributed by atoms with Gasteiger partial charge in [-0.05, 0) is 23.9 Å². The molecule has 0 unspecified atom stereocenters. The fraction of sp³-hybridized carbons (Fsp3) is 0.222. The summed E-state index contributed by atoms with van der Waals surface area (Å²) in [5.41, 5.74) is 0.456. The van der Waals surface area contributed by atoms with Crippen molar-refractivity contribution in [3.63, 3.8) is 0 Å². The van der Waals surface area contributed by atoms with Gasteiger partial charge in [-0.2, -0.15) is 0 Å². The molecule has 12 heavy (non-hydrogen) atoms. The Balaban J connectivity index is 2.85. The zero-order valence-electron chi connectivity index (χ0n) is 6.78. The molecule has 0 saturated heterocycles. The topological polar surface area (TPSA) is 37.3 Å². The van der Waals surface area contributed by atoms with Gasteiger partial charge in [0.2, 0.25) is 0 Å². The number of carboxylic acids is 1. The number of hydrogen-bond donors (Lipinski definition) is 1. The second-order valence-corrected chi connectivity index (χ2v) is 3.32. The molecule has 1 heterocycles. The Labute approximate surface area is 75.2 Å². The minimum atomic E-state index is -0.828. The molecule has 0 aromatic carbocycles. The maximum atomic E-state index is 10.6. The summed E-state index contributed by atoms with van der Waals surface area (Å²) in [5.74, 6) is -0.828. The molecule has 0 radical (unpaired) electrons. The molecule has 64 valence electrons. The van der Waals surface area contributed by atoms with Crippen molar-refractivity contribution in [1.29, 1.82) is 0 Å². The summed E-state index contributed by atoms with van der Waals surface area (Å²) >= 11 is 1.54. The second-order valence-electron chi connectivity index (χ2n) is 2.34. The van der Waals surface area contributed by atoms with Gasteiger partial charge in [-0.25, -0.2) is 4.79 Å². The SMILES string of the molecule is CC/C(=C\c1cccs1)C(=O)O. The van der Waals surface area contributed by atoms with Crippen molar-refractivity contribution in [3.05, 3.63) is 28.0 Å². The minimum absolute atomic E-state index is 0.456. The summed E-state index contributed by atoms with van der Waals surface area (Å²) in [5, 5.41) is 10.6. The van der Waals surface area contributed by atoms with Crippen LogP contribution in [-0.4, -0.2) is 11.1 Å². The summed E-state index contributed by atoms with van der Waals surface area (Å²) in [6.45, 7) is 1.84. The third-order valence-electron chi connectivity index (χ3n) is 1.52. The largest absolute Gasteiger partial charge is 0.478 e. The first-order valence-corrected chi connectivity index (χ1v) is 4.59. The second kappa shape index (κ2) is 4.07. The summed E-state index contributed by atoms with van der Waals surface area (Å²) in [4.78, 5) is 11.6. The molecule has 0 spiro atoms. The zero-order chi connectivity index (χ0) is 8.97. The lowest BCUT2D eigenvalue weighted by Gasteiger charge is -1.94. The smallest absolute Gasteiger partial charge is 0.331 e. The lowest BCUT2D eigenvalue weighted by atomic mass is 10.2. The molecule has 0 bridgehead atoms. The van der Waals surface area contributed by atoms with Crippen LogP contribution in [0, 0.1) is 0 Å². The van der Waals surface area contributed by atoms with Crippen LogP contribution in [0.1, 0.15) is 18.2 Å². The van der Waals surface area contributed by atoms with E-state index in [1.807, 2.05) is 24.4 Å². The van der Waals surface area contributed by atoms with Crippen molar-refractivity contribution >= 4 is 23.4 Å². The molecule has 0 fully saturated rings. The van der Waals surface area contributed by atoms with Gasteiger partial charge in [-0.3, -0.25) is 0 Å². The van der Waals surface area contributed by atoms with Crippen LogP contribution in [0.4, 0.5) is 0 Å². The normalized spacial score (nSPS) is 11.6. The predicted octanol–water partition coefficient (Wildman–Crippen LogP) is 2.63. The van der Waals surface area contributed by atoms with E-state index in [1.165, 1.54) is 0 Å². The molecule has 0 aliphatic heterocycles. The van der Waals surface area contributed by atoms with E-state index in [9.17, 15) is 4.79 Å².